The third kappa shape index (κ3) is 2.84. The van der Waals surface area contributed by atoms with Crippen molar-refractivity contribution in [3.63, 3.8) is 0 Å². The van der Waals surface area contributed by atoms with E-state index in [-0.39, 0.29) is 17.0 Å². The molecule has 0 unspecified atom stereocenters. The standard InChI is InChI=1S/C21H12BrNO4/c22-11-8-9-17(16(10-11)21(26)27)23-20(25)15-7-3-6-14-18(15)12-4-1-2-5-13(12)19(14)24/h1-10H,(H,23,25)(H,26,27). The molecule has 2 N–H and O–H groups in total. The van der Waals surface area contributed by atoms with Crippen LogP contribution in [0.4, 0.5) is 5.69 Å². The molecule has 5 nitrogen and oxygen atoms in total. The van der Waals surface area contributed by atoms with Gasteiger partial charge in [0.1, 0.15) is 0 Å². The lowest BCUT2D eigenvalue weighted by Gasteiger charge is -2.12. The maximum absolute atomic E-state index is 12.9. The third-order valence-electron chi connectivity index (χ3n) is 4.45. The second kappa shape index (κ2) is 6.48. The second-order valence-electron chi connectivity index (χ2n) is 6.05. The largest absolute Gasteiger partial charge is 0.478 e. The van der Waals surface area contributed by atoms with Crippen LogP contribution in [0.3, 0.4) is 0 Å². The molecule has 132 valence electrons. The van der Waals surface area contributed by atoms with Gasteiger partial charge in [-0.05, 0) is 29.8 Å². The number of carbonyl (C=O) groups excluding carboxylic acids is 2. The summed E-state index contributed by atoms with van der Waals surface area (Å²) in [6.45, 7) is 0. The molecule has 0 fully saturated rings. The van der Waals surface area contributed by atoms with E-state index in [0.29, 0.717) is 32.3 Å². The highest BCUT2D eigenvalue weighted by atomic mass is 79.9. The van der Waals surface area contributed by atoms with Crippen molar-refractivity contribution in [1.82, 2.24) is 0 Å². The van der Waals surface area contributed by atoms with Crippen LogP contribution in [0.15, 0.2) is 65.1 Å². The van der Waals surface area contributed by atoms with Gasteiger partial charge in [-0.15, -0.1) is 0 Å². The van der Waals surface area contributed by atoms with Gasteiger partial charge in [0, 0.05) is 26.7 Å². The highest BCUT2D eigenvalue weighted by Gasteiger charge is 2.30. The second-order valence-corrected chi connectivity index (χ2v) is 6.97. The monoisotopic (exact) mass is 421 g/mol. The summed E-state index contributed by atoms with van der Waals surface area (Å²) >= 11 is 3.23. The molecule has 0 saturated carbocycles. The van der Waals surface area contributed by atoms with Gasteiger partial charge >= 0.3 is 5.97 Å². The number of carboxylic acid groups (broad SMARTS) is 1. The minimum absolute atomic E-state index is 0.0261. The van der Waals surface area contributed by atoms with Gasteiger partial charge in [-0.3, -0.25) is 9.59 Å². The summed E-state index contributed by atoms with van der Waals surface area (Å²) in [5.74, 6) is -1.74. The molecule has 3 aromatic carbocycles. The maximum Gasteiger partial charge on any atom is 0.337 e. The van der Waals surface area contributed by atoms with Gasteiger partial charge in [-0.25, -0.2) is 4.79 Å². The van der Waals surface area contributed by atoms with Crippen LogP contribution in [0, 0.1) is 0 Å². The van der Waals surface area contributed by atoms with Crippen LogP contribution in [0.1, 0.15) is 36.6 Å². The number of fused-ring (bicyclic) bond motifs is 3. The summed E-state index contributed by atoms with van der Waals surface area (Å²) in [5.41, 5.74) is 2.79. The van der Waals surface area contributed by atoms with Gasteiger partial charge in [0.25, 0.3) is 5.91 Å². The van der Waals surface area contributed by atoms with E-state index in [1.165, 1.54) is 12.1 Å². The number of carbonyl (C=O) groups is 3. The lowest BCUT2D eigenvalue weighted by molar-refractivity contribution is 0.0697. The fraction of sp³-hybridized carbons (Fsp3) is 0. The number of carboxylic acids is 1. The molecule has 0 radical (unpaired) electrons. The highest BCUT2D eigenvalue weighted by molar-refractivity contribution is 9.10. The fourth-order valence-corrected chi connectivity index (χ4v) is 3.62. The zero-order valence-corrected chi connectivity index (χ0v) is 15.4. The molecule has 3 aromatic rings. The maximum atomic E-state index is 12.9. The lowest BCUT2D eigenvalue weighted by atomic mass is 9.98. The molecule has 0 aromatic heterocycles. The van der Waals surface area contributed by atoms with Crippen LogP contribution in [0.2, 0.25) is 0 Å². The fourth-order valence-electron chi connectivity index (χ4n) is 3.26. The zero-order valence-electron chi connectivity index (χ0n) is 13.8. The zero-order chi connectivity index (χ0) is 19.1. The molecule has 1 amide bonds. The van der Waals surface area contributed by atoms with Gasteiger partial charge in [-0.1, -0.05) is 52.3 Å². The molecule has 0 aliphatic heterocycles. The van der Waals surface area contributed by atoms with Gasteiger partial charge in [0.15, 0.2) is 5.78 Å². The number of amides is 1. The number of ketones is 1. The van der Waals surface area contributed by atoms with Crippen LogP contribution in [0.25, 0.3) is 11.1 Å². The number of anilines is 1. The van der Waals surface area contributed by atoms with Gasteiger partial charge in [0.2, 0.25) is 0 Å². The molecular weight excluding hydrogens is 410 g/mol. The number of rotatable bonds is 3. The van der Waals surface area contributed by atoms with Gasteiger partial charge in [0.05, 0.1) is 11.3 Å². The van der Waals surface area contributed by atoms with Crippen molar-refractivity contribution in [2.24, 2.45) is 0 Å². The minimum atomic E-state index is -1.15. The Labute approximate surface area is 162 Å². The molecule has 0 bridgehead atoms. The van der Waals surface area contributed by atoms with E-state index in [4.69, 9.17) is 0 Å². The van der Waals surface area contributed by atoms with Crippen molar-refractivity contribution in [2.75, 3.05) is 5.32 Å². The Morgan fingerprint density at radius 3 is 2.30 bits per heavy atom. The Kier molecular flexibility index (Phi) is 4.12. The van der Waals surface area contributed by atoms with Gasteiger partial charge < -0.3 is 10.4 Å². The summed E-state index contributed by atoms with van der Waals surface area (Å²) in [5, 5.41) is 12.0. The van der Waals surface area contributed by atoms with Crippen molar-refractivity contribution in [3.8, 4) is 11.1 Å². The average Bonchev–Trinajstić information content (AvgIpc) is 2.96. The Morgan fingerprint density at radius 2 is 1.56 bits per heavy atom. The first-order valence-electron chi connectivity index (χ1n) is 8.08. The summed E-state index contributed by atoms with van der Waals surface area (Å²) < 4.78 is 0.595. The molecule has 6 heteroatoms. The molecule has 0 saturated heterocycles. The quantitative estimate of drug-likeness (QED) is 0.505. The first kappa shape index (κ1) is 17.2. The highest BCUT2D eigenvalue weighted by Crippen LogP contribution is 2.39. The summed E-state index contributed by atoms with van der Waals surface area (Å²) in [7, 11) is 0. The first-order valence-corrected chi connectivity index (χ1v) is 8.88. The number of aromatic carboxylic acids is 1. The summed E-state index contributed by atoms with van der Waals surface area (Å²) in [6.07, 6.45) is 0. The Morgan fingerprint density at radius 1 is 0.852 bits per heavy atom. The first-order chi connectivity index (χ1) is 13.0. The molecule has 1 aliphatic carbocycles. The van der Waals surface area contributed by atoms with Crippen molar-refractivity contribution in [2.45, 2.75) is 0 Å². The minimum Gasteiger partial charge on any atom is -0.478 e. The van der Waals surface area contributed by atoms with E-state index >= 15 is 0 Å². The van der Waals surface area contributed by atoms with E-state index in [9.17, 15) is 19.5 Å². The molecule has 0 spiro atoms. The van der Waals surface area contributed by atoms with Crippen LogP contribution < -0.4 is 5.32 Å². The summed E-state index contributed by atoms with van der Waals surface area (Å²) in [4.78, 5) is 37.0. The van der Waals surface area contributed by atoms with Crippen molar-refractivity contribution in [3.05, 3.63) is 87.4 Å². The van der Waals surface area contributed by atoms with E-state index in [0.717, 1.165) is 0 Å². The van der Waals surface area contributed by atoms with Crippen LogP contribution >= 0.6 is 15.9 Å². The topological polar surface area (TPSA) is 83.5 Å². The van der Waals surface area contributed by atoms with Crippen LogP contribution in [-0.4, -0.2) is 22.8 Å². The molecule has 0 atom stereocenters. The predicted octanol–water partition coefficient (Wildman–Crippen LogP) is 4.61. The van der Waals surface area contributed by atoms with Crippen molar-refractivity contribution < 1.29 is 19.5 Å². The Balaban J connectivity index is 1.79. The Bertz CT molecular complexity index is 1140. The Hall–Kier alpha value is -3.25. The lowest BCUT2D eigenvalue weighted by Crippen LogP contribution is -2.16. The molecule has 1 aliphatic rings. The van der Waals surface area contributed by atoms with Crippen molar-refractivity contribution in [1.29, 1.82) is 0 Å². The summed E-state index contributed by atoms with van der Waals surface area (Å²) in [6, 6.07) is 16.7. The number of halogens is 1. The van der Waals surface area contributed by atoms with E-state index in [2.05, 4.69) is 21.2 Å². The number of nitrogens with one attached hydrogen (secondary N) is 1. The smallest absolute Gasteiger partial charge is 0.337 e. The molecule has 27 heavy (non-hydrogen) atoms. The normalized spacial score (nSPS) is 11.7. The molecular formula is C21H12BrNO4. The molecule has 4 rings (SSSR count). The SMILES string of the molecule is O=C(O)c1cc(Br)ccc1NC(=O)c1cccc2c1-c1ccccc1C2=O. The number of hydrogen-bond donors (Lipinski definition) is 2. The third-order valence-corrected chi connectivity index (χ3v) is 4.95. The predicted molar refractivity (Wildman–Crippen MR) is 104 cm³/mol. The average molecular weight is 422 g/mol. The van der Waals surface area contributed by atoms with Crippen LogP contribution in [-0.2, 0) is 0 Å². The number of benzene rings is 3. The van der Waals surface area contributed by atoms with E-state index in [1.807, 2.05) is 6.07 Å². The van der Waals surface area contributed by atoms with Crippen molar-refractivity contribution >= 4 is 39.3 Å². The van der Waals surface area contributed by atoms with E-state index in [1.54, 1.807) is 42.5 Å². The molecule has 0 heterocycles. The van der Waals surface area contributed by atoms with Gasteiger partial charge in [-0.2, -0.15) is 0 Å². The number of hydrogen-bond acceptors (Lipinski definition) is 3. The van der Waals surface area contributed by atoms with Crippen LogP contribution in [0.5, 0.6) is 0 Å². The van der Waals surface area contributed by atoms with E-state index < -0.39 is 11.9 Å².